The van der Waals surface area contributed by atoms with Gasteiger partial charge in [0.25, 0.3) is 0 Å². The van der Waals surface area contributed by atoms with Crippen molar-refractivity contribution in [2.75, 3.05) is 22.6 Å². The van der Waals surface area contributed by atoms with Crippen LogP contribution in [0.4, 0.5) is 24.5 Å². The van der Waals surface area contributed by atoms with Crippen LogP contribution < -0.4 is 11.1 Å². The fourth-order valence-corrected chi connectivity index (χ4v) is 3.67. The number of nitrogens with one attached hydrogen (secondary N) is 1. The van der Waals surface area contributed by atoms with E-state index in [4.69, 9.17) is 5.73 Å². The zero-order valence-corrected chi connectivity index (χ0v) is 10.7. The maximum Gasteiger partial charge on any atom is 0.416 e. The Balaban J connectivity index is 2.15. The maximum atomic E-state index is 12.5. The third-order valence-corrected chi connectivity index (χ3v) is 4.74. The minimum atomic E-state index is -4.44. The Labute approximate surface area is 108 Å². The number of hydrogen-bond acceptors (Lipinski definition) is 4. The Hall–Kier alpha value is -1.44. The highest BCUT2D eigenvalue weighted by Gasteiger charge is 2.31. The van der Waals surface area contributed by atoms with Crippen LogP contribution in [0.25, 0.3) is 0 Å². The van der Waals surface area contributed by atoms with Gasteiger partial charge in [0.2, 0.25) is 0 Å². The molecule has 1 aliphatic rings. The van der Waals surface area contributed by atoms with Crippen molar-refractivity contribution < 1.29 is 21.6 Å². The van der Waals surface area contributed by atoms with Crippen LogP contribution >= 0.6 is 0 Å². The normalized spacial score (nSPS) is 22.4. The molecule has 2 rings (SSSR count). The van der Waals surface area contributed by atoms with E-state index in [2.05, 4.69) is 5.32 Å². The summed E-state index contributed by atoms with van der Waals surface area (Å²) in [4.78, 5) is 0. The van der Waals surface area contributed by atoms with Gasteiger partial charge in [0, 0.05) is 6.04 Å². The molecule has 4 nitrogen and oxygen atoms in total. The standard InChI is InChI=1S/C11H13F3N2O2S/c12-11(13,14)7-1-2-10(9(15)5-7)16-8-3-4-19(17,18)6-8/h1-2,5,8,16H,3-4,6,15H2. The number of nitrogen functional groups attached to an aromatic ring is 1. The lowest BCUT2D eigenvalue weighted by Gasteiger charge is -2.16. The molecule has 1 atom stereocenters. The Kier molecular flexibility index (Phi) is 3.38. The average Bonchev–Trinajstić information content (AvgIpc) is 2.59. The van der Waals surface area contributed by atoms with Crippen LogP contribution in [0.5, 0.6) is 0 Å². The first-order valence-corrected chi connectivity index (χ1v) is 7.43. The van der Waals surface area contributed by atoms with Crippen LogP contribution in [-0.4, -0.2) is 26.0 Å². The van der Waals surface area contributed by atoms with Crippen LogP contribution in [0, 0.1) is 0 Å². The third-order valence-electron chi connectivity index (χ3n) is 2.97. The van der Waals surface area contributed by atoms with Crippen molar-refractivity contribution in [2.45, 2.75) is 18.6 Å². The van der Waals surface area contributed by atoms with Gasteiger partial charge in [0.1, 0.15) is 0 Å². The summed E-state index contributed by atoms with van der Waals surface area (Å²) in [6, 6.07) is 2.68. The van der Waals surface area contributed by atoms with Crippen molar-refractivity contribution >= 4 is 21.2 Å². The van der Waals surface area contributed by atoms with Crippen LogP contribution in [0.3, 0.4) is 0 Å². The van der Waals surface area contributed by atoms with E-state index in [0.717, 1.165) is 12.1 Å². The van der Waals surface area contributed by atoms with Crippen LogP contribution in [0.1, 0.15) is 12.0 Å². The molecule has 0 saturated carbocycles. The van der Waals surface area contributed by atoms with Gasteiger partial charge < -0.3 is 11.1 Å². The molecule has 1 heterocycles. The number of alkyl halides is 3. The summed E-state index contributed by atoms with van der Waals surface area (Å²) < 4.78 is 59.9. The van der Waals surface area contributed by atoms with E-state index in [1.165, 1.54) is 6.07 Å². The molecule has 1 saturated heterocycles. The van der Waals surface area contributed by atoms with Crippen molar-refractivity contribution in [1.29, 1.82) is 0 Å². The zero-order chi connectivity index (χ0) is 14.3. The van der Waals surface area contributed by atoms with E-state index < -0.39 is 21.6 Å². The number of rotatable bonds is 2. The van der Waals surface area contributed by atoms with Crippen molar-refractivity contribution in [3.05, 3.63) is 23.8 Å². The highest BCUT2D eigenvalue weighted by Crippen LogP contribution is 2.33. The van der Waals surface area contributed by atoms with Gasteiger partial charge in [0.15, 0.2) is 9.84 Å². The van der Waals surface area contributed by atoms with Crippen LogP contribution in [0.2, 0.25) is 0 Å². The molecule has 19 heavy (non-hydrogen) atoms. The topological polar surface area (TPSA) is 72.2 Å². The maximum absolute atomic E-state index is 12.5. The largest absolute Gasteiger partial charge is 0.416 e. The predicted octanol–water partition coefficient (Wildman–Crippen LogP) is 1.89. The first kappa shape index (κ1) is 14.0. The van der Waals surface area contributed by atoms with Crippen LogP contribution in [-0.2, 0) is 16.0 Å². The lowest BCUT2D eigenvalue weighted by atomic mass is 10.1. The number of benzene rings is 1. The predicted molar refractivity (Wildman–Crippen MR) is 66.5 cm³/mol. The van der Waals surface area contributed by atoms with Gasteiger partial charge in [-0.2, -0.15) is 13.2 Å². The summed E-state index contributed by atoms with van der Waals surface area (Å²) in [5, 5.41) is 2.87. The molecular weight excluding hydrogens is 281 g/mol. The molecule has 106 valence electrons. The lowest BCUT2D eigenvalue weighted by molar-refractivity contribution is -0.137. The summed E-state index contributed by atoms with van der Waals surface area (Å²) >= 11 is 0. The quantitative estimate of drug-likeness (QED) is 0.817. The molecule has 1 unspecified atom stereocenters. The molecule has 0 radical (unpaired) electrons. The van der Waals surface area contributed by atoms with Gasteiger partial charge in [-0.15, -0.1) is 0 Å². The summed E-state index contributed by atoms with van der Waals surface area (Å²) in [6.45, 7) is 0. The van der Waals surface area contributed by atoms with Gasteiger partial charge in [-0.05, 0) is 24.6 Å². The minimum absolute atomic E-state index is 0.0204. The molecule has 3 N–H and O–H groups in total. The van der Waals surface area contributed by atoms with E-state index >= 15 is 0 Å². The highest BCUT2D eigenvalue weighted by molar-refractivity contribution is 7.91. The number of sulfone groups is 1. The van der Waals surface area contributed by atoms with Gasteiger partial charge >= 0.3 is 6.18 Å². The molecule has 0 aliphatic carbocycles. The van der Waals surface area contributed by atoms with Crippen molar-refractivity contribution in [3.63, 3.8) is 0 Å². The molecule has 0 aromatic heterocycles. The molecule has 0 spiro atoms. The lowest BCUT2D eigenvalue weighted by Crippen LogP contribution is -2.21. The summed E-state index contributed by atoms with van der Waals surface area (Å²) in [5.41, 5.74) is 5.01. The molecular formula is C11H13F3N2O2S. The Morgan fingerprint density at radius 2 is 2.00 bits per heavy atom. The summed E-state index contributed by atoms with van der Waals surface area (Å²) in [5.74, 6) is 0.0681. The number of halogens is 3. The van der Waals surface area contributed by atoms with Gasteiger partial charge in [-0.3, -0.25) is 0 Å². The van der Waals surface area contributed by atoms with Gasteiger partial charge in [-0.1, -0.05) is 0 Å². The SMILES string of the molecule is Nc1cc(C(F)(F)F)ccc1NC1CCS(=O)(=O)C1. The monoisotopic (exact) mass is 294 g/mol. The van der Waals surface area contributed by atoms with E-state index in [9.17, 15) is 21.6 Å². The van der Waals surface area contributed by atoms with Gasteiger partial charge in [-0.25, -0.2) is 8.42 Å². The smallest absolute Gasteiger partial charge is 0.397 e. The summed E-state index contributed by atoms with van der Waals surface area (Å²) in [7, 11) is -3.04. The molecule has 8 heteroatoms. The molecule has 0 bridgehead atoms. The Bertz CT molecular complexity index is 584. The van der Waals surface area contributed by atoms with E-state index in [-0.39, 0.29) is 23.2 Å². The van der Waals surface area contributed by atoms with E-state index in [1.54, 1.807) is 0 Å². The highest BCUT2D eigenvalue weighted by atomic mass is 32.2. The fourth-order valence-electron chi connectivity index (χ4n) is 2.00. The second-order valence-corrected chi connectivity index (χ2v) is 6.77. The fraction of sp³-hybridized carbons (Fsp3) is 0.455. The average molecular weight is 294 g/mol. The van der Waals surface area contributed by atoms with Gasteiger partial charge in [0.05, 0.1) is 28.4 Å². The number of hydrogen-bond donors (Lipinski definition) is 2. The molecule has 1 aliphatic heterocycles. The second-order valence-electron chi connectivity index (χ2n) is 4.54. The molecule has 1 aromatic rings. The summed E-state index contributed by atoms with van der Waals surface area (Å²) in [6.07, 6.45) is -4.01. The van der Waals surface area contributed by atoms with Crippen molar-refractivity contribution in [3.8, 4) is 0 Å². The minimum Gasteiger partial charge on any atom is -0.397 e. The number of anilines is 2. The van der Waals surface area contributed by atoms with Crippen LogP contribution in [0.15, 0.2) is 18.2 Å². The molecule has 1 fully saturated rings. The Morgan fingerprint density at radius 3 is 2.47 bits per heavy atom. The van der Waals surface area contributed by atoms with Crippen molar-refractivity contribution in [1.82, 2.24) is 0 Å². The van der Waals surface area contributed by atoms with E-state index in [0.29, 0.717) is 12.1 Å². The molecule has 0 amide bonds. The van der Waals surface area contributed by atoms with Crippen molar-refractivity contribution in [2.24, 2.45) is 0 Å². The first-order valence-electron chi connectivity index (χ1n) is 5.61. The second kappa shape index (κ2) is 4.59. The van der Waals surface area contributed by atoms with E-state index in [1.807, 2.05) is 0 Å². The third kappa shape index (κ3) is 3.31. The first-order chi connectivity index (χ1) is 8.67. The number of nitrogens with two attached hydrogens (primary N) is 1. The molecule has 1 aromatic carbocycles. The Morgan fingerprint density at radius 1 is 1.32 bits per heavy atom. The zero-order valence-electron chi connectivity index (χ0n) is 9.87.